The van der Waals surface area contributed by atoms with E-state index in [2.05, 4.69) is 15.2 Å². The lowest BCUT2D eigenvalue weighted by atomic mass is 9.84. The molecule has 0 radical (unpaired) electrons. The van der Waals surface area contributed by atoms with E-state index in [4.69, 9.17) is 0 Å². The Balaban J connectivity index is 1.55. The molecule has 1 aromatic heterocycles. The third-order valence-electron chi connectivity index (χ3n) is 4.08. The number of fused-ring (bicyclic) bond motifs is 3. The van der Waals surface area contributed by atoms with E-state index in [0.717, 1.165) is 12.2 Å². The van der Waals surface area contributed by atoms with Crippen molar-refractivity contribution in [1.29, 1.82) is 0 Å². The Morgan fingerprint density at radius 2 is 2.21 bits per heavy atom. The maximum atomic E-state index is 11.9. The van der Waals surface area contributed by atoms with Gasteiger partial charge in [0.25, 0.3) is 0 Å². The number of pyridine rings is 1. The minimum absolute atomic E-state index is 0.00981. The van der Waals surface area contributed by atoms with Crippen molar-refractivity contribution in [3.63, 3.8) is 0 Å². The molecule has 2 bridgehead atoms. The van der Waals surface area contributed by atoms with Crippen LogP contribution >= 0.6 is 0 Å². The van der Waals surface area contributed by atoms with Crippen molar-refractivity contribution < 1.29 is 4.79 Å². The molecule has 0 spiro atoms. The molecule has 19 heavy (non-hydrogen) atoms. The molecule has 0 aliphatic carbocycles. The molecular formula is C15H19N3O. The summed E-state index contributed by atoms with van der Waals surface area (Å²) >= 11 is 0. The fourth-order valence-corrected chi connectivity index (χ4v) is 3.00. The van der Waals surface area contributed by atoms with Crippen LogP contribution < -0.4 is 5.32 Å². The fourth-order valence-electron chi connectivity index (χ4n) is 3.00. The zero-order valence-corrected chi connectivity index (χ0v) is 11.0. The number of rotatable bonds is 3. The highest BCUT2D eigenvalue weighted by Crippen LogP contribution is 2.27. The van der Waals surface area contributed by atoms with Gasteiger partial charge in [0.1, 0.15) is 0 Å². The molecule has 4 heterocycles. The van der Waals surface area contributed by atoms with Crippen molar-refractivity contribution in [2.75, 3.05) is 19.6 Å². The highest BCUT2D eigenvalue weighted by Gasteiger charge is 2.34. The SMILES string of the molecule is O=C(C=Cc1ccccn1)NC1CN2CCC1CC2. The first-order chi connectivity index (χ1) is 9.31. The topological polar surface area (TPSA) is 45.2 Å². The number of nitrogens with zero attached hydrogens (tertiary/aromatic N) is 2. The van der Waals surface area contributed by atoms with Crippen LogP contribution in [0.3, 0.4) is 0 Å². The van der Waals surface area contributed by atoms with Gasteiger partial charge in [-0.1, -0.05) is 6.07 Å². The Kier molecular flexibility index (Phi) is 3.60. The van der Waals surface area contributed by atoms with Gasteiger partial charge in [-0.15, -0.1) is 0 Å². The standard InChI is InChI=1S/C15H19N3O/c19-15(5-4-13-3-1-2-8-16-13)17-14-11-18-9-6-12(14)7-10-18/h1-5,8,12,14H,6-7,9-11H2,(H,17,19). The first-order valence-corrected chi connectivity index (χ1v) is 6.93. The van der Waals surface area contributed by atoms with Gasteiger partial charge in [0.15, 0.2) is 0 Å². The molecule has 0 saturated carbocycles. The predicted molar refractivity (Wildman–Crippen MR) is 74.4 cm³/mol. The van der Waals surface area contributed by atoms with Gasteiger partial charge in [-0.05, 0) is 50.1 Å². The molecule has 4 nitrogen and oxygen atoms in total. The third kappa shape index (κ3) is 3.01. The number of hydrogen-bond donors (Lipinski definition) is 1. The number of aromatic nitrogens is 1. The number of piperidine rings is 3. The Morgan fingerprint density at radius 1 is 1.37 bits per heavy atom. The van der Waals surface area contributed by atoms with Gasteiger partial charge in [-0.2, -0.15) is 0 Å². The second-order valence-corrected chi connectivity index (χ2v) is 5.34. The van der Waals surface area contributed by atoms with E-state index < -0.39 is 0 Å². The molecule has 3 aliphatic heterocycles. The van der Waals surface area contributed by atoms with Gasteiger partial charge in [0.05, 0.1) is 5.69 Å². The molecule has 3 aliphatic rings. The van der Waals surface area contributed by atoms with Crippen molar-refractivity contribution in [2.45, 2.75) is 18.9 Å². The number of hydrogen-bond acceptors (Lipinski definition) is 3. The van der Waals surface area contributed by atoms with E-state index in [1.165, 1.54) is 25.9 Å². The molecule has 0 aromatic carbocycles. The lowest BCUT2D eigenvalue weighted by Crippen LogP contribution is -2.57. The van der Waals surface area contributed by atoms with E-state index in [1.54, 1.807) is 18.3 Å². The molecule has 1 unspecified atom stereocenters. The monoisotopic (exact) mass is 257 g/mol. The molecule has 3 fully saturated rings. The summed E-state index contributed by atoms with van der Waals surface area (Å²) in [5, 5.41) is 3.13. The molecular weight excluding hydrogens is 238 g/mol. The van der Waals surface area contributed by atoms with Crippen molar-refractivity contribution in [1.82, 2.24) is 15.2 Å². The Morgan fingerprint density at radius 3 is 2.84 bits per heavy atom. The van der Waals surface area contributed by atoms with Gasteiger partial charge in [-0.3, -0.25) is 9.78 Å². The van der Waals surface area contributed by atoms with Crippen LogP contribution in [-0.2, 0) is 4.79 Å². The molecule has 1 amide bonds. The summed E-state index contributed by atoms with van der Waals surface area (Å²) in [6.07, 6.45) is 7.51. The lowest BCUT2D eigenvalue weighted by molar-refractivity contribution is -0.118. The van der Waals surface area contributed by atoms with Crippen LogP contribution in [0.25, 0.3) is 6.08 Å². The first-order valence-electron chi connectivity index (χ1n) is 6.93. The Labute approximate surface area is 113 Å². The van der Waals surface area contributed by atoms with E-state index >= 15 is 0 Å². The lowest BCUT2D eigenvalue weighted by Gasteiger charge is -2.44. The van der Waals surface area contributed by atoms with Crippen LogP contribution in [0.4, 0.5) is 0 Å². The van der Waals surface area contributed by atoms with Crippen molar-refractivity contribution in [3.8, 4) is 0 Å². The first kappa shape index (κ1) is 12.4. The molecule has 1 atom stereocenters. The van der Waals surface area contributed by atoms with E-state index in [-0.39, 0.29) is 5.91 Å². The summed E-state index contributed by atoms with van der Waals surface area (Å²) in [4.78, 5) is 18.5. The summed E-state index contributed by atoms with van der Waals surface area (Å²) in [6.45, 7) is 3.40. The molecule has 4 heteroatoms. The van der Waals surface area contributed by atoms with E-state index in [0.29, 0.717) is 12.0 Å². The number of amides is 1. The summed E-state index contributed by atoms with van der Waals surface area (Å²) < 4.78 is 0. The maximum absolute atomic E-state index is 11.9. The molecule has 4 rings (SSSR count). The highest BCUT2D eigenvalue weighted by molar-refractivity contribution is 5.91. The van der Waals surface area contributed by atoms with E-state index in [1.807, 2.05) is 18.2 Å². The second kappa shape index (κ2) is 5.53. The van der Waals surface area contributed by atoms with Crippen LogP contribution in [0, 0.1) is 5.92 Å². The minimum Gasteiger partial charge on any atom is -0.348 e. The van der Waals surface area contributed by atoms with E-state index in [9.17, 15) is 4.79 Å². The molecule has 1 aromatic rings. The highest BCUT2D eigenvalue weighted by atomic mass is 16.1. The van der Waals surface area contributed by atoms with Gasteiger partial charge in [0.2, 0.25) is 5.91 Å². The quantitative estimate of drug-likeness (QED) is 0.830. The number of carbonyl (C=O) groups excluding carboxylic acids is 1. The molecule has 3 saturated heterocycles. The Hall–Kier alpha value is -1.68. The molecule has 1 N–H and O–H groups in total. The van der Waals surface area contributed by atoms with Crippen molar-refractivity contribution in [3.05, 3.63) is 36.2 Å². The van der Waals surface area contributed by atoms with Gasteiger partial charge in [0, 0.05) is 24.9 Å². The number of carbonyl (C=O) groups is 1. The normalized spacial score (nSPS) is 29.6. The summed E-state index contributed by atoms with van der Waals surface area (Å²) in [5.41, 5.74) is 0.812. The minimum atomic E-state index is -0.00981. The number of nitrogens with one attached hydrogen (secondary N) is 1. The smallest absolute Gasteiger partial charge is 0.244 e. The largest absolute Gasteiger partial charge is 0.348 e. The van der Waals surface area contributed by atoms with Crippen LogP contribution in [0.15, 0.2) is 30.5 Å². The van der Waals surface area contributed by atoms with Crippen LogP contribution in [-0.4, -0.2) is 41.5 Å². The van der Waals surface area contributed by atoms with Crippen LogP contribution in [0.5, 0.6) is 0 Å². The summed E-state index contributed by atoms with van der Waals surface area (Å²) in [6, 6.07) is 5.99. The van der Waals surface area contributed by atoms with Gasteiger partial charge < -0.3 is 10.2 Å². The zero-order chi connectivity index (χ0) is 13.1. The maximum Gasteiger partial charge on any atom is 0.244 e. The Bertz CT molecular complexity index is 464. The van der Waals surface area contributed by atoms with Crippen LogP contribution in [0.2, 0.25) is 0 Å². The van der Waals surface area contributed by atoms with Crippen molar-refractivity contribution >= 4 is 12.0 Å². The summed E-state index contributed by atoms with van der Waals surface area (Å²) in [5.74, 6) is 0.654. The van der Waals surface area contributed by atoms with Crippen LogP contribution in [0.1, 0.15) is 18.5 Å². The zero-order valence-electron chi connectivity index (χ0n) is 11.0. The fraction of sp³-hybridized carbons (Fsp3) is 0.467. The second-order valence-electron chi connectivity index (χ2n) is 5.34. The van der Waals surface area contributed by atoms with Gasteiger partial charge in [-0.25, -0.2) is 0 Å². The predicted octanol–water partition coefficient (Wildman–Crippen LogP) is 1.31. The summed E-state index contributed by atoms with van der Waals surface area (Å²) in [7, 11) is 0. The molecule has 100 valence electrons. The average molecular weight is 257 g/mol. The van der Waals surface area contributed by atoms with Gasteiger partial charge >= 0.3 is 0 Å². The third-order valence-corrected chi connectivity index (χ3v) is 4.08. The average Bonchev–Trinajstić information content (AvgIpc) is 2.47. The van der Waals surface area contributed by atoms with Crippen molar-refractivity contribution in [2.24, 2.45) is 5.92 Å².